The predicted molar refractivity (Wildman–Crippen MR) is 93.5 cm³/mol. The fraction of sp³-hybridized carbons (Fsp3) is 0.722. The molecule has 1 aromatic heterocycles. The molecule has 128 valence electrons. The average molecular weight is 318 g/mol. The summed E-state index contributed by atoms with van der Waals surface area (Å²) in [5, 5.41) is 7.05. The van der Waals surface area contributed by atoms with Crippen LogP contribution in [0, 0.1) is 5.41 Å². The zero-order chi connectivity index (χ0) is 16.3. The van der Waals surface area contributed by atoms with Crippen molar-refractivity contribution in [3.05, 3.63) is 24.0 Å². The van der Waals surface area contributed by atoms with Crippen LogP contribution in [0.3, 0.4) is 0 Å². The number of rotatable bonds is 6. The fourth-order valence-electron chi connectivity index (χ4n) is 3.95. The maximum atomic E-state index is 5.94. The number of hydrogen-bond acceptors (Lipinski definition) is 2. The summed E-state index contributed by atoms with van der Waals surface area (Å²) in [6.07, 6.45) is 9.63. The van der Waals surface area contributed by atoms with Crippen molar-refractivity contribution in [2.75, 3.05) is 13.2 Å². The molecule has 0 saturated heterocycles. The van der Waals surface area contributed by atoms with E-state index in [1.165, 1.54) is 24.8 Å². The number of aromatic nitrogens is 1. The van der Waals surface area contributed by atoms with Gasteiger partial charge in [-0.15, -0.1) is 0 Å². The molecule has 0 amide bonds. The third-order valence-electron chi connectivity index (χ3n) is 5.41. The van der Waals surface area contributed by atoms with Crippen LogP contribution in [0.25, 0.3) is 0 Å². The molecule has 5 heteroatoms. The molecule has 0 aromatic carbocycles. The number of nitrogens with zero attached hydrogens (tertiary/aromatic N) is 2. The molecule has 0 aliphatic heterocycles. The Morgan fingerprint density at radius 3 is 2.83 bits per heavy atom. The Kier molecular flexibility index (Phi) is 4.95. The van der Waals surface area contributed by atoms with E-state index in [1.54, 1.807) is 0 Å². The van der Waals surface area contributed by atoms with E-state index < -0.39 is 0 Å². The second-order valence-corrected chi connectivity index (χ2v) is 6.84. The lowest BCUT2D eigenvalue weighted by Crippen LogP contribution is -2.68. The minimum absolute atomic E-state index is 0.360. The third-order valence-corrected chi connectivity index (χ3v) is 5.41. The summed E-state index contributed by atoms with van der Waals surface area (Å²) in [5.41, 5.74) is 1.60. The Morgan fingerprint density at radius 2 is 2.26 bits per heavy atom. The number of aliphatic imine (C=N–C) groups is 1. The summed E-state index contributed by atoms with van der Waals surface area (Å²) in [7, 11) is 2.04. The lowest BCUT2D eigenvalue weighted by atomic mass is 9.51. The monoisotopic (exact) mass is 318 g/mol. The van der Waals surface area contributed by atoms with Crippen molar-refractivity contribution in [2.24, 2.45) is 17.5 Å². The van der Waals surface area contributed by atoms with Crippen molar-refractivity contribution in [1.29, 1.82) is 0 Å². The smallest absolute Gasteiger partial charge is 0.191 e. The van der Waals surface area contributed by atoms with Gasteiger partial charge in [-0.25, -0.2) is 4.99 Å². The number of guanidine groups is 1. The quantitative estimate of drug-likeness (QED) is 0.626. The van der Waals surface area contributed by atoms with Crippen LogP contribution in [0.4, 0.5) is 0 Å². The standard InChI is InChI=1S/C18H30N4O/c1-4-19-17(20-12-14-7-10-22(3)13-14)21-15-11-16(23-5-2)18(15)8-6-9-18/h7,10,13,15-16H,4-6,8-9,11-12H2,1-3H3,(H2,19,20,21). The van der Waals surface area contributed by atoms with Gasteiger partial charge in [0.15, 0.2) is 5.96 Å². The highest BCUT2D eigenvalue weighted by Gasteiger charge is 2.59. The summed E-state index contributed by atoms with van der Waals surface area (Å²) in [6.45, 7) is 6.63. The van der Waals surface area contributed by atoms with E-state index in [-0.39, 0.29) is 0 Å². The summed E-state index contributed by atoms with van der Waals surface area (Å²) >= 11 is 0. The zero-order valence-electron chi connectivity index (χ0n) is 14.6. The molecular weight excluding hydrogens is 288 g/mol. The zero-order valence-corrected chi connectivity index (χ0v) is 14.6. The Bertz CT molecular complexity index is 547. The first-order chi connectivity index (χ1) is 11.2. The van der Waals surface area contributed by atoms with Crippen molar-refractivity contribution in [3.63, 3.8) is 0 Å². The van der Waals surface area contributed by atoms with Crippen molar-refractivity contribution >= 4 is 5.96 Å². The van der Waals surface area contributed by atoms with Crippen LogP contribution in [-0.4, -0.2) is 35.8 Å². The molecule has 2 aliphatic carbocycles. The molecule has 2 fully saturated rings. The summed E-state index contributed by atoms with van der Waals surface area (Å²) < 4.78 is 8.00. The molecule has 0 bridgehead atoms. The second kappa shape index (κ2) is 6.95. The van der Waals surface area contributed by atoms with Gasteiger partial charge in [0, 0.05) is 44.0 Å². The molecule has 1 spiro atoms. The minimum Gasteiger partial charge on any atom is -0.378 e. The molecule has 2 atom stereocenters. The van der Waals surface area contributed by atoms with Crippen LogP contribution in [0.5, 0.6) is 0 Å². The minimum atomic E-state index is 0.360. The summed E-state index contributed by atoms with van der Waals surface area (Å²) in [5.74, 6) is 0.933. The first-order valence-corrected chi connectivity index (χ1v) is 8.95. The second-order valence-electron chi connectivity index (χ2n) is 6.84. The van der Waals surface area contributed by atoms with Gasteiger partial charge in [-0.2, -0.15) is 0 Å². The maximum absolute atomic E-state index is 5.94. The summed E-state index contributed by atoms with van der Waals surface area (Å²) in [4.78, 5) is 4.75. The van der Waals surface area contributed by atoms with Gasteiger partial charge in [-0.1, -0.05) is 6.42 Å². The largest absolute Gasteiger partial charge is 0.378 e. The highest BCUT2D eigenvalue weighted by Crippen LogP contribution is 2.57. The van der Waals surface area contributed by atoms with Crippen LogP contribution < -0.4 is 10.6 Å². The van der Waals surface area contributed by atoms with E-state index in [2.05, 4.69) is 47.5 Å². The van der Waals surface area contributed by atoms with Gasteiger partial charge in [0.05, 0.1) is 12.6 Å². The average Bonchev–Trinajstić information content (AvgIpc) is 2.87. The van der Waals surface area contributed by atoms with Gasteiger partial charge in [0.1, 0.15) is 0 Å². The molecule has 2 aliphatic rings. The van der Waals surface area contributed by atoms with E-state index in [0.29, 0.717) is 24.1 Å². The Morgan fingerprint density at radius 1 is 1.43 bits per heavy atom. The number of ether oxygens (including phenoxy) is 1. The van der Waals surface area contributed by atoms with Crippen molar-refractivity contribution in [1.82, 2.24) is 15.2 Å². The van der Waals surface area contributed by atoms with E-state index in [4.69, 9.17) is 9.73 Å². The van der Waals surface area contributed by atoms with Crippen molar-refractivity contribution in [2.45, 2.75) is 58.2 Å². The Balaban J connectivity index is 1.61. The molecule has 2 saturated carbocycles. The molecule has 0 radical (unpaired) electrons. The molecule has 1 aromatic rings. The van der Waals surface area contributed by atoms with E-state index in [0.717, 1.165) is 25.5 Å². The number of nitrogens with one attached hydrogen (secondary N) is 2. The van der Waals surface area contributed by atoms with E-state index in [1.807, 2.05) is 7.05 Å². The van der Waals surface area contributed by atoms with Gasteiger partial charge in [-0.3, -0.25) is 0 Å². The third kappa shape index (κ3) is 3.25. The van der Waals surface area contributed by atoms with Crippen LogP contribution in [-0.2, 0) is 18.3 Å². The van der Waals surface area contributed by atoms with Crippen LogP contribution in [0.15, 0.2) is 23.5 Å². The van der Waals surface area contributed by atoms with Gasteiger partial charge in [-0.05, 0) is 44.7 Å². The number of hydrogen-bond donors (Lipinski definition) is 2. The first kappa shape index (κ1) is 16.4. The first-order valence-electron chi connectivity index (χ1n) is 8.95. The van der Waals surface area contributed by atoms with E-state index in [9.17, 15) is 0 Å². The Hall–Kier alpha value is -1.49. The fourth-order valence-corrected chi connectivity index (χ4v) is 3.95. The van der Waals surface area contributed by atoms with Crippen LogP contribution in [0.2, 0.25) is 0 Å². The normalized spacial score (nSPS) is 25.8. The molecule has 1 heterocycles. The SMILES string of the molecule is CCNC(=NCc1ccn(C)c1)NC1CC(OCC)C12CCC2. The highest BCUT2D eigenvalue weighted by atomic mass is 16.5. The molecule has 5 nitrogen and oxygen atoms in total. The van der Waals surface area contributed by atoms with Gasteiger partial charge in [0.2, 0.25) is 0 Å². The van der Waals surface area contributed by atoms with Crippen molar-refractivity contribution < 1.29 is 4.74 Å². The molecular formula is C18H30N4O. The number of aryl methyl sites for hydroxylation is 1. The maximum Gasteiger partial charge on any atom is 0.191 e. The lowest BCUT2D eigenvalue weighted by molar-refractivity contribution is -0.168. The molecule has 3 rings (SSSR count). The summed E-state index contributed by atoms with van der Waals surface area (Å²) in [6, 6.07) is 2.62. The van der Waals surface area contributed by atoms with Crippen LogP contribution >= 0.6 is 0 Å². The van der Waals surface area contributed by atoms with Crippen LogP contribution in [0.1, 0.15) is 45.1 Å². The molecule has 23 heavy (non-hydrogen) atoms. The van der Waals surface area contributed by atoms with Gasteiger partial charge >= 0.3 is 0 Å². The molecule has 2 unspecified atom stereocenters. The van der Waals surface area contributed by atoms with Gasteiger partial charge < -0.3 is 19.9 Å². The van der Waals surface area contributed by atoms with Gasteiger partial charge in [0.25, 0.3) is 0 Å². The topological polar surface area (TPSA) is 50.6 Å². The predicted octanol–water partition coefficient (Wildman–Crippen LogP) is 2.43. The highest BCUT2D eigenvalue weighted by molar-refractivity contribution is 5.80. The van der Waals surface area contributed by atoms with E-state index >= 15 is 0 Å². The lowest BCUT2D eigenvalue weighted by Gasteiger charge is -2.61. The Labute approximate surface area is 139 Å². The molecule has 2 N–H and O–H groups in total. The van der Waals surface area contributed by atoms with Crippen molar-refractivity contribution in [3.8, 4) is 0 Å².